The molecule has 3 aromatic rings. The highest BCUT2D eigenvalue weighted by Gasteiger charge is 2.27. The van der Waals surface area contributed by atoms with E-state index in [0.717, 1.165) is 41.7 Å². The molecule has 0 saturated heterocycles. The lowest BCUT2D eigenvalue weighted by Gasteiger charge is -2.20. The van der Waals surface area contributed by atoms with Gasteiger partial charge in [0.05, 0.1) is 10.5 Å². The Morgan fingerprint density at radius 3 is 2.31 bits per heavy atom. The summed E-state index contributed by atoms with van der Waals surface area (Å²) in [6.07, 6.45) is 3.83. The molecule has 0 saturated carbocycles. The Balaban J connectivity index is 1.53. The molecule has 1 heterocycles. The van der Waals surface area contributed by atoms with Gasteiger partial charge in [-0.25, -0.2) is 8.42 Å². The molecular weight excluding hydrogens is 482 g/mol. The number of nitrogens with one attached hydrogen (secondary N) is 2. The van der Waals surface area contributed by atoms with Gasteiger partial charge in [0.1, 0.15) is 5.00 Å². The third-order valence-electron chi connectivity index (χ3n) is 6.16. The Bertz CT molecular complexity index is 1320. The largest absolute Gasteiger partial charge is 0.355 e. The number of anilines is 1. The van der Waals surface area contributed by atoms with Crippen molar-refractivity contribution in [1.82, 2.24) is 9.62 Å². The van der Waals surface area contributed by atoms with Crippen LogP contribution in [0.5, 0.6) is 0 Å². The fourth-order valence-corrected chi connectivity index (χ4v) is 6.99. The second-order valence-electron chi connectivity index (χ2n) is 8.39. The van der Waals surface area contributed by atoms with Crippen molar-refractivity contribution < 1.29 is 18.0 Å². The van der Waals surface area contributed by atoms with Crippen LogP contribution in [-0.2, 0) is 29.4 Å². The quantitative estimate of drug-likeness (QED) is 0.467. The first-order valence-electron chi connectivity index (χ1n) is 11.7. The molecule has 184 valence electrons. The summed E-state index contributed by atoms with van der Waals surface area (Å²) >= 11 is 1.45. The molecule has 0 fully saturated rings. The number of benzene rings is 2. The van der Waals surface area contributed by atoms with Crippen molar-refractivity contribution in [3.05, 3.63) is 81.7 Å². The van der Waals surface area contributed by atoms with Crippen LogP contribution < -0.4 is 10.6 Å². The molecule has 0 aliphatic heterocycles. The van der Waals surface area contributed by atoms with Crippen molar-refractivity contribution in [2.75, 3.05) is 18.9 Å². The molecule has 9 heteroatoms. The van der Waals surface area contributed by atoms with E-state index in [1.165, 1.54) is 39.9 Å². The van der Waals surface area contributed by atoms with E-state index < -0.39 is 10.0 Å². The number of aryl methyl sites for hydroxylation is 1. The van der Waals surface area contributed by atoms with Crippen LogP contribution in [-0.4, -0.2) is 38.1 Å². The zero-order valence-electron chi connectivity index (χ0n) is 19.8. The first-order valence-corrected chi connectivity index (χ1v) is 13.9. The van der Waals surface area contributed by atoms with Crippen LogP contribution in [0.2, 0.25) is 0 Å². The van der Waals surface area contributed by atoms with Gasteiger partial charge in [0.15, 0.2) is 0 Å². The van der Waals surface area contributed by atoms with Crippen LogP contribution in [0.4, 0.5) is 5.00 Å². The van der Waals surface area contributed by atoms with E-state index >= 15 is 0 Å². The molecule has 2 aromatic carbocycles. The molecule has 0 unspecified atom stereocenters. The first kappa shape index (κ1) is 25.1. The minimum absolute atomic E-state index is 0.129. The highest BCUT2D eigenvalue weighted by molar-refractivity contribution is 7.89. The monoisotopic (exact) mass is 511 g/mol. The van der Waals surface area contributed by atoms with Gasteiger partial charge >= 0.3 is 0 Å². The number of amides is 2. The molecule has 1 aliphatic rings. The van der Waals surface area contributed by atoms with Gasteiger partial charge in [-0.3, -0.25) is 9.59 Å². The Labute approximate surface area is 210 Å². The Hall–Kier alpha value is -3.01. The smallest absolute Gasteiger partial charge is 0.256 e. The zero-order chi connectivity index (χ0) is 25.0. The van der Waals surface area contributed by atoms with E-state index in [2.05, 4.69) is 10.6 Å². The predicted octanol–water partition coefficient (Wildman–Crippen LogP) is 4.45. The summed E-state index contributed by atoms with van der Waals surface area (Å²) in [5.41, 5.74) is 2.79. The molecule has 2 amide bonds. The van der Waals surface area contributed by atoms with E-state index in [9.17, 15) is 18.0 Å². The summed E-state index contributed by atoms with van der Waals surface area (Å²) in [6, 6.07) is 15.3. The Morgan fingerprint density at radius 1 is 0.971 bits per heavy atom. The molecule has 4 rings (SSSR count). The van der Waals surface area contributed by atoms with Crippen molar-refractivity contribution in [3.8, 4) is 0 Å². The minimum atomic E-state index is -3.72. The maximum Gasteiger partial charge on any atom is 0.256 e. The normalized spacial score (nSPS) is 13.3. The molecule has 0 spiro atoms. The second-order valence-corrected chi connectivity index (χ2v) is 11.4. The Morgan fingerprint density at radius 2 is 1.66 bits per heavy atom. The topological polar surface area (TPSA) is 95.6 Å². The first-order chi connectivity index (χ1) is 16.8. The Kier molecular flexibility index (Phi) is 7.69. The molecule has 1 aliphatic carbocycles. The molecule has 0 atom stereocenters. The fraction of sp³-hybridized carbons (Fsp3) is 0.308. The lowest BCUT2D eigenvalue weighted by molar-refractivity contribution is 0.0963. The standard InChI is InChI=1S/C26H29N3O4S2/c1-3-29(17-18-9-5-4-6-10-18)35(32,33)20-15-13-19(14-16-20)24(30)28-26-23(25(31)27-2)21-11-7-8-12-22(21)34-26/h4-6,9-10,13-16H,3,7-8,11-12,17H2,1-2H3,(H,27,31)(H,28,30). The average molecular weight is 512 g/mol. The van der Waals surface area contributed by atoms with Gasteiger partial charge in [0.2, 0.25) is 10.0 Å². The van der Waals surface area contributed by atoms with Crippen LogP contribution >= 0.6 is 11.3 Å². The third kappa shape index (κ3) is 5.32. The number of fused-ring (bicyclic) bond motifs is 1. The molecule has 1 aromatic heterocycles. The van der Waals surface area contributed by atoms with Crippen molar-refractivity contribution >= 4 is 38.2 Å². The highest BCUT2D eigenvalue weighted by Crippen LogP contribution is 2.38. The molecule has 7 nitrogen and oxygen atoms in total. The van der Waals surface area contributed by atoms with Gasteiger partial charge in [-0.05, 0) is 61.1 Å². The van der Waals surface area contributed by atoms with Gasteiger partial charge < -0.3 is 10.6 Å². The summed E-state index contributed by atoms with van der Waals surface area (Å²) < 4.78 is 27.8. The van der Waals surface area contributed by atoms with Gasteiger partial charge in [-0.15, -0.1) is 11.3 Å². The number of hydrogen-bond donors (Lipinski definition) is 2. The molecule has 0 radical (unpaired) electrons. The maximum absolute atomic E-state index is 13.2. The van der Waals surface area contributed by atoms with E-state index in [-0.39, 0.29) is 23.3 Å². The van der Waals surface area contributed by atoms with Gasteiger partial charge in [0, 0.05) is 30.6 Å². The van der Waals surface area contributed by atoms with Crippen molar-refractivity contribution in [2.45, 2.75) is 44.0 Å². The van der Waals surface area contributed by atoms with Crippen LogP contribution in [0.25, 0.3) is 0 Å². The van der Waals surface area contributed by atoms with Gasteiger partial charge in [0.25, 0.3) is 11.8 Å². The van der Waals surface area contributed by atoms with Crippen LogP contribution in [0.3, 0.4) is 0 Å². The lowest BCUT2D eigenvalue weighted by Crippen LogP contribution is -2.30. The zero-order valence-corrected chi connectivity index (χ0v) is 21.5. The highest BCUT2D eigenvalue weighted by atomic mass is 32.2. The fourth-order valence-electron chi connectivity index (χ4n) is 4.28. The van der Waals surface area contributed by atoms with Crippen molar-refractivity contribution in [3.63, 3.8) is 0 Å². The van der Waals surface area contributed by atoms with E-state index in [1.807, 2.05) is 30.3 Å². The number of nitrogens with zero attached hydrogens (tertiary/aromatic N) is 1. The number of hydrogen-bond acceptors (Lipinski definition) is 5. The minimum Gasteiger partial charge on any atom is -0.355 e. The number of sulfonamides is 1. The molecular formula is C26H29N3O4S2. The number of thiophene rings is 1. The van der Waals surface area contributed by atoms with Crippen LogP contribution in [0.1, 0.15) is 56.5 Å². The summed E-state index contributed by atoms with van der Waals surface area (Å²) in [5, 5.41) is 6.10. The molecule has 35 heavy (non-hydrogen) atoms. The van der Waals surface area contributed by atoms with Gasteiger partial charge in [-0.2, -0.15) is 4.31 Å². The summed E-state index contributed by atoms with van der Waals surface area (Å²) in [5.74, 6) is -0.589. The number of carbonyl (C=O) groups is 2. The van der Waals surface area contributed by atoms with E-state index in [0.29, 0.717) is 22.7 Å². The lowest BCUT2D eigenvalue weighted by atomic mass is 9.95. The van der Waals surface area contributed by atoms with Crippen molar-refractivity contribution in [1.29, 1.82) is 0 Å². The second kappa shape index (κ2) is 10.7. The van der Waals surface area contributed by atoms with Crippen molar-refractivity contribution in [2.24, 2.45) is 0 Å². The van der Waals surface area contributed by atoms with Gasteiger partial charge in [-0.1, -0.05) is 37.3 Å². The maximum atomic E-state index is 13.2. The predicted molar refractivity (Wildman–Crippen MR) is 138 cm³/mol. The van der Waals surface area contributed by atoms with E-state index in [1.54, 1.807) is 14.0 Å². The average Bonchev–Trinajstić information content (AvgIpc) is 3.25. The summed E-state index contributed by atoms with van der Waals surface area (Å²) in [4.78, 5) is 26.8. The molecule has 2 N–H and O–H groups in total. The van der Waals surface area contributed by atoms with Crippen LogP contribution in [0, 0.1) is 0 Å². The van der Waals surface area contributed by atoms with E-state index in [4.69, 9.17) is 0 Å². The molecule has 0 bridgehead atoms. The summed E-state index contributed by atoms with van der Waals surface area (Å²) in [7, 11) is -2.14. The third-order valence-corrected chi connectivity index (χ3v) is 9.30. The number of rotatable bonds is 8. The SMILES string of the molecule is CCN(Cc1ccccc1)S(=O)(=O)c1ccc(C(=O)Nc2sc3c(c2C(=O)NC)CCCC3)cc1. The number of carbonyl (C=O) groups excluding carboxylic acids is 2. The van der Waals surface area contributed by atoms with Crippen LogP contribution in [0.15, 0.2) is 59.5 Å². The summed E-state index contributed by atoms with van der Waals surface area (Å²) in [6.45, 7) is 2.39.